The topological polar surface area (TPSA) is 76.1 Å². The van der Waals surface area contributed by atoms with Gasteiger partial charge in [0, 0.05) is 6.54 Å². The van der Waals surface area contributed by atoms with Crippen molar-refractivity contribution < 1.29 is 23.9 Å². The molecule has 1 fully saturated rings. The highest BCUT2D eigenvalue weighted by Crippen LogP contribution is 2.19. The summed E-state index contributed by atoms with van der Waals surface area (Å²) in [5, 5.41) is 0. The predicted octanol–water partition coefficient (Wildman–Crippen LogP) is 2.20. The van der Waals surface area contributed by atoms with Crippen LogP contribution in [0.15, 0.2) is 30.3 Å². The molecule has 0 unspecified atom stereocenters. The molecule has 0 saturated carbocycles. The van der Waals surface area contributed by atoms with Crippen molar-refractivity contribution in [3.05, 3.63) is 35.9 Å². The van der Waals surface area contributed by atoms with E-state index in [1.807, 2.05) is 30.3 Å². The maximum Gasteiger partial charge on any atom is 0.410 e. The summed E-state index contributed by atoms with van der Waals surface area (Å²) in [6.07, 6.45) is -0.612. The van der Waals surface area contributed by atoms with Crippen molar-refractivity contribution in [2.24, 2.45) is 0 Å². The van der Waals surface area contributed by atoms with Gasteiger partial charge >= 0.3 is 12.1 Å². The first-order valence-electron chi connectivity index (χ1n) is 8.69. The minimum absolute atomic E-state index is 0.0479. The maximum absolute atomic E-state index is 12.7. The molecule has 1 atom stereocenters. The Labute approximate surface area is 153 Å². The fourth-order valence-corrected chi connectivity index (χ4v) is 2.68. The van der Waals surface area contributed by atoms with Crippen LogP contribution in [0.1, 0.15) is 33.3 Å². The summed E-state index contributed by atoms with van der Waals surface area (Å²) >= 11 is 0. The van der Waals surface area contributed by atoms with E-state index in [2.05, 4.69) is 0 Å². The fourth-order valence-electron chi connectivity index (χ4n) is 2.68. The van der Waals surface area contributed by atoms with E-state index >= 15 is 0 Å². The second-order valence-corrected chi connectivity index (χ2v) is 7.14. The fraction of sp³-hybridized carbons (Fsp3) is 0.526. The van der Waals surface area contributed by atoms with Gasteiger partial charge in [0.15, 0.2) is 0 Å². The molecule has 1 heterocycles. The summed E-state index contributed by atoms with van der Waals surface area (Å²) in [5.41, 5.74) is 0.224. The van der Waals surface area contributed by atoms with E-state index in [4.69, 9.17) is 9.47 Å². The molecule has 1 aromatic rings. The zero-order chi connectivity index (χ0) is 19.3. The van der Waals surface area contributed by atoms with Crippen molar-refractivity contribution in [2.45, 2.75) is 45.9 Å². The summed E-state index contributed by atoms with van der Waals surface area (Å²) in [6, 6.07) is 8.54. The maximum atomic E-state index is 12.7. The van der Waals surface area contributed by atoms with Gasteiger partial charge in [-0.15, -0.1) is 0 Å². The van der Waals surface area contributed by atoms with Crippen LogP contribution in [0.25, 0.3) is 0 Å². The lowest BCUT2D eigenvalue weighted by molar-refractivity contribution is -0.160. The van der Waals surface area contributed by atoms with Gasteiger partial charge in [0.05, 0.1) is 13.2 Å². The summed E-state index contributed by atoms with van der Waals surface area (Å²) in [4.78, 5) is 40.1. The van der Waals surface area contributed by atoms with Crippen molar-refractivity contribution in [2.75, 3.05) is 19.7 Å². The molecule has 1 aliphatic rings. The Morgan fingerprint density at radius 3 is 2.42 bits per heavy atom. The molecular formula is C19H26N2O5. The van der Waals surface area contributed by atoms with Crippen molar-refractivity contribution in [3.63, 3.8) is 0 Å². The van der Waals surface area contributed by atoms with E-state index in [0.29, 0.717) is 0 Å². The highest BCUT2D eigenvalue weighted by atomic mass is 16.6. The van der Waals surface area contributed by atoms with Crippen LogP contribution in [0, 0.1) is 0 Å². The normalized spacial score (nSPS) is 17.8. The largest absolute Gasteiger partial charge is 0.464 e. The Bertz CT molecular complexity index is 654. The minimum atomic E-state index is -0.857. The molecule has 142 valence electrons. The number of rotatable bonds is 4. The summed E-state index contributed by atoms with van der Waals surface area (Å²) in [5.74, 6) is -0.839. The van der Waals surface area contributed by atoms with E-state index in [1.54, 1.807) is 27.7 Å². The van der Waals surface area contributed by atoms with Gasteiger partial charge in [-0.05, 0) is 33.3 Å². The van der Waals surface area contributed by atoms with Crippen molar-refractivity contribution in [1.82, 2.24) is 9.80 Å². The monoisotopic (exact) mass is 362 g/mol. The van der Waals surface area contributed by atoms with Crippen LogP contribution in [0.5, 0.6) is 0 Å². The van der Waals surface area contributed by atoms with E-state index in [1.165, 1.54) is 9.80 Å². The number of amides is 2. The number of esters is 1. The van der Waals surface area contributed by atoms with E-state index < -0.39 is 23.7 Å². The average molecular weight is 362 g/mol. The zero-order valence-corrected chi connectivity index (χ0v) is 15.7. The standard InChI is InChI=1S/C19H26N2O5/c1-5-25-17(23)15-12-20(18(24)26-19(2,3)4)13-16(22)21(15)11-14-9-7-6-8-10-14/h6-10,15H,5,11-13H2,1-4H3/t15-/m0/s1. The first kappa shape index (κ1) is 19.8. The number of carbonyl (C=O) groups is 3. The van der Waals surface area contributed by atoms with Crippen molar-refractivity contribution >= 4 is 18.0 Å². The highest BCUT2D eigenvalue weighted by Gasteiger charge is 2.40. The lowest BCUT2D eigenvalue weighted by Gasteiger charge is -2.39. The summed E-state index contributed by atoms with van der Waals surface area (Å²) in [6.45, 7) is 7.36. The predicted molar refractivity (Wildman–Crippen MR) is 95.2 cm³/mol. The Kier molecular flexibility index (Phi) is 6.23. The molecule has 0 aromatic heterocycles. The number of piperazine rings is 1. The molecule has 2 amide bonds. The third-order valence-electron chi connectivity index (χ3n) is 3.82. The average Bonchev–Trinajstić information content (AvgIpc) is 2.56. The van der Waals surface area contributed by atoms with Crippen LogP contribution in [0.4, 0.5) is 4.79 Å². The van der Waals surface area contributed by atoms with E-state index in [9.17, 15) is 14.4 Å². The number of carbonyl (C=O) groups excluding carboxylic acids is 3. The minimum Gasteiger partial charge on any atom is -0.464 e. The van der Waals surface area contributed by atoms with Gasteiger partial charge in [0.2, 0.25) is 5.91 Å². The van der Waals surface area contributed by atoms with Crippen molar-refractivity contribution in [3.8, 4) is 0 Å². The van der Waals surface area contributed by atoms with E-state index in [-0.39, 0.29) is 32.1 Å². The van der Waals surface area contributed by atoms with Crippen LogP contribution < -0.4 is 0 Å². The van der Waals surface area contributed by atoms with Crippen LogP contribution >= 0.6 is 0 Å². The molecular weight excluding hydrogens is 336 g/mol. The molecule has 7 heteroatoms. The lowest BCUT2D eigenvalue weighted by Crippen LogP contribution is -2.60. The number of benzene rings is 1. The molecule has 0 aliphatic carbocycles. The first-order valence-corrected chi connectivity index (χ1v) is 8.69. The second kappa shape index (κ2) is 8.21. The van der Waals surface area contributed by atoms with E-state index in [0.717, 1.165) is 5.56 Å². The summed E-state index contributed by atoms with van der Waals surface area (Å²) < 4.78 is 10.4. The van der Waals surface area contributed by atoms with Gasteiger partial charge in [-0.2, -0.15) is 0 Å². The third-order valence-corrected chi connectivity index (χ3v) is 3.82. The van der Waals surface area contributed by atoms with Gasteiger partial charge in [-0.1, -0.05) is 30.3 Å². The van der Waals surface area contributed by atoms with Gasteiger partial charge < -0.3 is 14.4 Å². The molecule has 26 heavy (non-hydrogen) atoms. The Morgan fingerprint density at radius 1 is 1.19 bits per heavy atom. The van der Waals surface area contributed by atoms with Gasteiger partial charge in [-0.25, -0.2) is 9.59 Å². The molecule has 0 N–H and O–H groups in total. The zero-order valence-electron chi connectivity index (χ0n) is 15.7. The van der Waals surface area contributed by atoms with Gasteiger partial charge in [0.25, 0.3) is 0 Å². The molecule has 7 nitrogen and oxygen atoms in total. The summed E-state index contributed by atoms with van der Waals surface area (Å²) in [7, 11) is 0. The number of hydrogen-bond donors (Lipinski definition) is 0. The number of nitrogens with zero attached hydrogens (tertiary/aromatic N) is 2. The van der Waals surface area contributed by atoms with Crippen LogP contribution in [-0.2, 0) is 25.6 Å². The Hall–Kier alpha value is -2.57. The first-order chi connectivity index (χ1) is 12.2. The SMILES string of the molecule is CCOC(=O)[C@@H]1CN(C(=O)OC(C)(C)C)CC(=O)N1Cc1ccccc1. The molecule has 1 aromatic carbocycles. The van der Waals surface area contributed by atoms with Crippen LogP contribution in [0.3, 0.4) is 0 Å². The number of ether oxygens (including phenoxy) is 2. The molecule has 2 rings (SSSR count). The second-order valence-electron chi connectivity index (χ2n) is 7.14. The quantitative estimate of drug-likeness (QED) is 0.768. The lowest BCUT2D eigenvalue weighted by atomic mass is 10.1. The number of hydrogen-bond acceptors (Lipinski definition) is 5. The molecule has 1 saturated heterocycles. The molecule has 0 spiro atoms. The third kappa shape index (κ3) is 5.21. The molecule has 0 radical (unpaired) electrons. The van der Waals surface area contributed by atoms with Gasteiger partial charge in [0.1, 0.15) is 18.2 Å². The van der Waals surface area contributed by atoms with Crippen LogP contribution in [-0.4, -0.2) is 59.1 Å². The van der Waals surface area contributed by atoms with Crippen molar-refractivity contribution in [1.29, 1.82) is 0 Å². The molecule has 1 aliphatic heterocycles. The highest BCUT2D eigenvalue weighted by molar-refractivity contribution is 5.90. The Morgan fingerprint density at radius 2 is 1.85 bits per heavy atom. The van der Waals surface area contributed by atoms with Gasteiger partial charge in [-0.3, -0.25) is 9.69 Å². The van der Waals surface area contributed by atoms with Crippen LogP contribution in [0.2, 0.25) is 0 Å². The Balaban J connectivity index is 2.19. The smallest absolute Gasteiger partial charge is 0.410 e. The molecule has 0 bridgehead atoms.